The Hall–Kier alpha value is -3.41. The molecule has 0 amide bonds. The topological polar surface area (TPSA) is 77.3 Å². The fourth-order valence-electron chi connectivity index (χ4n) is 4.44. The van der Waals surface area contributed by atoms with Crippen LogP contribution >= 0.6 is 11.3 Å². The molecule has 0 atom stereocenters. The molecule has 1 fully saturated rings. The Morgan fingerprint density at radius 2 is 1.94 bits per heavy atom. The van der Waals surface area contributed by atoms with E-state index in [2.05, 4.69) is 20.3 Å². The van der Waals surface area contributed by atoms with E-state index in [-0.39, 0.29) is 5.69 Å². The first-order chi connectivity index (χ1) is 17.7. The molecule has 36 heavy (non-hydrogen) atoms. The third kappa shape index (κ3) is 4.57. The van der Waals surface area contributed by atoms with E-state index in [1.54, 1.807) is 11.3 Å². The standard InChI is InChI=1S/C25H24F2N6O2S/c26-16-1-2-19(18(27)13-16)33-25(29-15-30-33)22-14-17-21(36-22)5-10-35-20-3-4-23(31-24(17)20)28-6-7-32-8-11-34-12-9-32/h1-4,13-15H,5-12H2,(H,28,31). The first-order valence-corrected chi connectivity index (χ1v) is 12.6. The van der Waals surface area contributed by atoms with Crippen molar-refractivity contribution in [1.82, 2.24) is 24.6 Å². The summed E-state index contributed by atoms with van der Waals surface area (Å²) in [4.78, 5) is 13.6. The number of aromatic nitrogens is 4. The Morgan fingerprint density at radius 3 is 2.81 bits per heavy atom. The van der Waals surface area contributed by atoms with Gasteiger partial charge in [-0.15, -0.1) is 11.3 Å². The van der Waals surface area contributed by atoms with Crippen LogP contribution in [0.15, 0.2) is 42.7 Å². The maximum absolute atomic E-state index is 14.5. The first kappa shape index (κ1) is 23.0. The predicted molar refractivity (Wildman–Crippen MR) is 133 cm³/mol. The average molecular weight is 511 g/mol. The van der Waals surface area contributed by atoms with Crippen LogP contribution in [-0.2, 0) is 11.2 Å². The average Bonchev–Trinajstić information content (AvgIpc) is 3.49. The molecule has 8 nitrogen and oxygen atoms in total. The molecule has 2 aliphatic heterocycles. The van der Waals surface area contributed by atoms with E-state index in [0.717, 1.165) is 84.5 Å². The summed E-state index contributed by atoms with van der Waals surface area (Å²) in [6, 6.07) is 9.29. The van der Waals surface area contributed by atoms with Crippen molar-refractivity contribution >= 4 is 17.2 Å². The third-order valence-corrected chi connectivity index (χ3v) is 7.44. The second-order valence-corrected chi connectivity index (χ2v) is 9.70. The van der Waals surface area contributed by atoms with Gasteiger partial charge < -0.3 is 14.8 Å². The lowest BCUT2D eigenvalue weighted by molar-refractivity contribution is 0.0398. The maximum atomic E-state index is 14.5. The number of hydrogen-bond acceptors (Lipinski definition) is 8. The summed E-state index contributed by atoms with van der Waals surface area (Å²) in [6.07, 6.45) is 2.09. The summed E-state index contributed by atoms with van der Waals surface area (Å²) in [5.41, 5.74) is 1.87. The van der Waals surface area contributed by atoms with Crippen molar-refractivity contribution in [3.63, 3.8) is 0 Å². The van der Waals surface area contributed by atoms with Gasteiger partial charge in [-0.1, -0.05) is 0 Å². The quantitative estimate of drug-likeness (QED) is 0.420. The van der Waals surface area contributed by atoms with Crippen LogP contribution in [0.3, 0.4) is 0 Å². The fraction of sp³-hybridized carbons (Fsp3) is 0.320. The summed E-state index contributed by atoms with van der Waals surface area (Å²) < 4.78 is 40.7. The van der Waals surface area contributed by atoms with Crippen LogP contribution < -0.4 is 10.1 Å². The molecule has 6 rings (SSSR count). The zero-order chi connectivity index (χ0) is 24.5. The molecule has 1 aromatic carbocycles. The number of ether oxygens (including phenoxy) is 2. The van der Waals surface area contributed by atoms with Crippen LogP contribution in [0.2, 0.25) is 0 Å². The predicted octanol–water partition coefficient (Wildman–Crippen LogP) is 4.02. The van der Waals surface area contributed by atoms with Crippen molar-refractivity contribution in [2.45, 2.75) is 6.42 Å². The van der Waals surface area contributed by atoms with Crippen molar-refractivity contribution < 1.29 is 18.3 Å². The van der Waals surface area contributed by atoms with Crippen molar-refractivity contribution in [1.29, 1.82) is 0 Å². The maximum Gasteiger partial charge on any atom is 0.173 e. The van der Waals surface area contributed by atoms with Gasteiger partial charge >= 0.3 is 0 Å². The Morgan fingerprint density at radius 1 is 1.06 bits per heavy atom. The normalized spacial score (nSPS) is 15.6. The van der Waals surface area contributed by atoms with E-state index in [0.29, 0.717) is 12.4 Å². The van der Waals surface area contributed by atoms with Gasteiger partial charge in [0.05, 0.1) is 24.7 Å². The number of halogens is 2. The number of morpholine rings is 1. The second kappa shape index (κ2) is 9.92. The Labute approximate surface area is 210 Å². The smallest absolute Gasteiger partial charge is 0.173 e. The molecule has 1 N–H and O–H groups in total. The number of fused-ring (bicyclic) bond motifs is 3. The van der Waals surface area contributed by atoms with E-state index in [4.69, 9.17) is 14.5 Å². The molecule has 0 radical (unpaired) electrons. The highest BCUT2D eigenvalue weighted by molar-refractivity contribution is 7.16. The number of benzene rings is 1. The zero-order valence-corrected chi connectivity index (χ0v) is 20.2. The highest BCUT2D eigenvalue weighted by Gasteiger charge is 2.24. The van der Waals surface area contributed by atoms with Gasteiger partial charge in [-0.3, -0.25) is 4.90 Å². The summed E-state index contributed by atoms with van der Waals surface area (Å²) in [7, 11) is 0. The largest absolute Gasteiger partial charge is 0.491 e. The zero-order valence-electron chi connectivity index (χ0n) is 19.4. The molecule has 3 aromatic heterocycles. The lowest BCUT2D eigenvalue weighted by Gasteiger charge is -2.26. The number of thiophene rings is 1. The highest BCUT2D eigenvalue weighted by atomic mass is 32.1. The molecular weight excluding hydrogens is 486 g/mol. The summed E-state index contributed by atoms with van der Waals surface area (Å²) in [6.45, 7) is 5.67. The van der Waals surface area contributed by atoms with Crippen LogP contribution in [0.5, 0.6) is 5.75 Å². The molecule has 0 saturated carbocycles. The Balaban J connectivity index is 1.29. The summed E-state index contributed by atoms with van der Waals surface area (Å²) in [5, 5.41) is 7.62. The van der Waals surface area contributed by atoms with Crippen LogP contribution in [0, 0.1) is 11.6 Å². The van der Waals surface area contributed by atoms with E-state index in [1.807, 2.05) is 18.2 Å². The van der Waals surface area contributed by atoms with Crippen LogP contribution in [-0.4, -0.2) is 70.6 Å². The number of nitrogens with one attached hydrogen (secondary N) is 1. The molecule has 0 bridgehead atoms. The van der Waals surface area contributed by atoms with Crippen LogP contribution in [0.25, 0.3) is 27.6 Å². The van der Waals surface area contributed by atoms with Gasteiger partial charge in [0.15, 0.2) is 11.6 Å². The molecule has 0 aliphatic carbocycles. The van der Waals surface area contributed by atoms with Gasteiger partial charge in [-0.2, -0.15) is 5.10 Å². The third-order valence-electron chi connectivity index (χ3n) is 6.25. The minimum Gasteiger partial charge on any atom is -0.491 e. The minimum atomic E-state index is -0.701. The second-order valence-electron chi connectivity index (χ2n) is 8.56. The molecule has 1 saturated heterocycles. The molecule has 5 heterocycles. The SMILES string of the molecule is Fc1ccc(-n2ncnc2-c2cc3c(s2)CCOc2ccc(NCCN4CCOCC4)nc2-3)c(F)c1. The van der Waals surface area contributed by atoms with Gasteiger partial charge in [0.2, 0.25) is 0 Å². The van der Waals surface area contributed by atoms with Crippen molar-refractivity contribution in [2.75, 3.05) is 51.3 Å². The van der Waals surface area contributed by atoms with E-state index in [9.17, 15) is 8.78 Å². The number of hydrogen-bond donors (Lipinski definition) is 1. The minimum absolute atomic E-state index is 0.140. The van der Waals surface area contributed by atoms with Crippen LogP contribution in [0.1, 0.15) is 4.88 Å². The van der Waals surface area contributed by atoms with Gasteiger partial charge in [0.1, 0.15) is 35.1 Å². The van der Waals surface area contributed by atoms with Crippen LogP contribution in [0.4, 0.5) is 14.6 Å². The van der Waals surface area contributed by atoms with Crippen molar-refractivity contribution in [3.05, 3.63) is 59.2 Å². The fourth-order valence-corrected chi connectivity index (χ4v) is 5.56. The Kier molecular flexibility index (Phi) is 6.34. The number of pyridine rings is 1. The number of nitrogens with zero attached hydrogens (tertiary/aromatic N) is 5. The molecule has 0 spiro atoms. The summed E-state index contributed by atoms with van der Waals surface area (Å²) in [5.74, 6) is 0.650. The van der Waals surface area contributed by atoms with E-state index in [1.165, 1.54) is 23.1 Å². The van der Waals surface area contributed by atoms with Gasteiger partial charge in [0, 0.05) is 49.1 Å². The molecule has 0 unspecified atom stereocenters. The van der Waals surface area contributed by atoms with E-state index >= 15 is 0 Å². The first-order valence-electron chi connectivity index (χ1n) is 11.8. The van der Waals surface area contributed by atoms with Crippen molar-refractivity contribution in [3.8, 4) is 33.4 Å². The number of anilines is 1. The molecule has 11 heteroatoms. The van der Waals surface area contributed by atoms with Gasteiger partial charge in [-0.05, 0) is 30.3 Å². The monoisotopic (exact) mass is 510 g/mol. The highest BCUT2D eigenvalue weighted by Crippen LogP contribution is 2.42. The van der Waals surface area contributed by atoms with Gasteiger partial charge in [-0.25, -0.2) is 23.4 Å². The number of rotatable bonds is 6. The Bertz CT molecular complexity index is 1380. The lowest BCUT2D eigenvalue weighted by atomic mass is 10.1. The molecule has 2 aliphatic rings. The van der Waals surface area contributed by atoms with Crippen molar-refractivity contribution in [2.24, 2.45) is 0 Å². The lowest BCUT2D eigenvalue weighted by Crippen LogP contribution is -2.39. The molecular formula is C25H24F2N6O2S. The molecule has 186 valence electrons. The van der Waals surface area contributed by atoms with Gasteiger partial charge in [0.25, 0.3) is 0 Å². The van der Waals surface area contributed by atoms with E-state index < -0.39 is 11.6 Å². The molecule has 4 aromatic rings. The summed E-state index contributed by atoms with van der Waals surface area (Å²) >= 11 is 1.55.